The first-order valence-corrected chi connectivity index (χ1v) is 7.90. The summed E-state index contributed by atoms with van der Waals surface area (Å²) >= 11 is 1.97. The van der Waals surface area contributed by atoms with E-state index in [1.54, 1.807) is 0 Å². The predicted octanol–water partition coefficient (Wildman–Crippen LogP) is 3.15. The number of benzene rings is 1. The molecular formula is C15H24N2S. The second-order valence-corrected chi connectivity index (χ2v) is 6.14. The van der Waals surface area contributed by atoms with E-state index in [1.165, 1.54) is 48.7 Å². The van der Waals surface area contributed by atoms with Crippen molar-refractivity contribution in [2.45, 2.75) is 30.7 Å². The predicted molar refractivity (Wildman–Crippen MR) is 80.3 cm³/mol. The summed E-state index contributed by atoms with van der Waals surface area (Å²) in [6.45, 7) is 6.03. The van der Waals surface area contributed by atoms with Gasteiger partial charge < -0.3 is 10.2 Å². The van der Waals surface area contributed by atoms with E-state index >= 15 is 0 Å². The summed E-state index contributed by atoms with van der Waals surface area (Å²) in [5.41, 5.74) is 1.36. The largest absolute Gasteiger partial charge is 0.313 e. The first-order valence-electron chi connectivity index (χ1n) is 6.92. The summed E-state index contributed by atoms with van der Waals surface area (Å²) in [5.74, 6) is 1.21. The minimum absolute atomic E-state index is 0.439. The Morgan fingerprint density at radius 1 is 1.22 bits per heavy atom. The van der Waals surface area contributed by atoms with Crippen LogP contribution in [0.5, 0.6) is 0 Å². The summed E-state index contributed by atoms with van der Waals surface area (Å²) < 4.78 is 0. The van der Waals surface area contributed by atoms with Crippen LogP contribution in [0, 0.1) is 0 Å². The van der Waals surface area contributed by atoms with Crippen LogP contribution in [0.3, 0.4) is 0 Å². The molecule has 1 atom stereocenters. The van der Waals surface area contributed by atoms with E-state index < -0.39 is 0 Å². The van der Waals surface area contributed by atoms with Gasteiger partial charge in [0.05, 0.1) is 0 Å². The average molecular weight is 264 g/mol. The van der Waals surface area contributed by atoms with E-state index in [1.807, 2.05) is 18.8 Å². The molecule has 1 unspecified atom stereocenters. The lowest BCUT2D eigenvalue weighted by Crippen LogP contribution is -2.21. The summed E-state index contributed by atoms with van der Waals surface area (Å²) in [5, 5.41) is 3.27. The molecule has 1 heterocycles. The molecule has 0 radical (unpaired) electrons. The number of rotatable bonds is 6. The Morgan fingerprint density at radius 2 is 1.89 bits per heavy atom. The molecule has 1 aromatic carbocycles. The molecule has 0 bridgehead atoms. The molecule has 0 aliphatic carbocycles. The van der Waals surface area contributed by atoms with Crippen molar-refractivity contribution in [3.05, 3.63) is 29.8 Å². The molecule has 1 aliphatic heterocycles. The van der Waals surface area contributed by atoms with Gasteiger partial charge in [-0.15, -0.1) is 11.8 Å². The molecule has 1 aliphatic rings. The molecule has 100 valence electrons. The average Bonchev–Trinajstić information content (AvgIpc) is 2.92. The van der Waals surface area contributed by atoms with Gasteiger partial charge in [-0.2, -0.15) is 0 Å². The lowest BCUT2D eigenvalue weighted by Gasteiger charge is -2.14. The highest BCUT2D eigenvalue weighted by molar-refractivity contribution is 7.99. The maximum absolute atomic E-state index is 3.27. The van der Waals surface area contributed by atoms with Crippen LogP contribution in [0.4, 0.5) is 0 Å². The fraction of sp³-hybridized carbons (Fsp3) is 0.600. The summed E-state index contributed by atoms with van der Waals surface area (Å²) in [6.07, 6.45) is 2.78. The monoisotopic (exact) mass is 264 g/mol. The fourth-order valence-corrected chi connectivity index (χ4v) is 3.23. The number of likely N-dealkylation sites (tertiary alicyclic amines) is 1. The highest BCUT2D eigenvalue weighted by atomic mass is 32.2. The maximum atomic E-state index is 3.27. The van der Waals surface area contributed by atoms with Gasteiger partial charge in [0, 0.05) is 23.2 Å². The van der Waals surface area contributed by atoms with Crippen molar-refractivity contribution < 1.29 is 0 Å². The first kappa shape index (κ1) is 13.9. The highest BCUT2D eigenvalue weighted by Crippen LogP contribution is 2.21. The van der Waals surface area contributed by atoms with Crippen LogP contribution in [0.1, 0.15) is 31.4 Å². The second-order valence-electron chi connectivity index (χ2n) is 4.98. The van der Waals surface area contributed by atoms with Gasteiger partial charge in [-0.05, 0) is 57.6 Å². The zero-order valence-corrected chi connectivity index (χ0v) is 12.3. The van der Waals surface area contributed by atoms with Crippen molar-refractivity contribution in [2.75, 3.05) is 32.4 Å². The molecule has 2 nitrogen and oxygen atoms in total. The highest BCUT2D eigenvalue weighted by Gasteiger charge is 2.10. The Balaban J connectivity index is 1.75. The lowest BCUT2D eigenvalue weighted by atomic mass is 10.1. The molecule has 1 saturated heterocycles. The number of nitrogens with one attached hydrogen (secondary N) is 1. The van der Waals surface area contributed by atoms with E-state index in [4.69, 9.17) is 0 Å². The molecule has 1 aromatic rings. The quantitative estimate of drug-likeness (QED) is 0.795. The topological polar surface area (TPSA) is 15.3 Å². The summed E-state index contributed by atoms with van der Waals surface area (Å²) in [4.78, 5) is 3.96. The minimum atomic E-state index is 0.439. The van der Waals surface area contributed by atoms with Gasteiger partial charge in [-0.3, -0.25) is 0 Å². The molecule has 3 heteroatoms. The van der Waals surface area contributed by atoms with Crippen LogP contribution in [0.25, 0.3) is 0 Å². The van der Waals surface area contributed by atoms with E-state index in [0.717, 1.165) is 0 Å². The molecule has 1 N–H and O–H groups in total. The van der Waals surface area contributed by atoms with Crippen LogP contribution in [-0.4, -0.2) is 37.3 Å². The second kappa shape index (κ2) is 7.17. The van der Waals surface area contributed by atoms with Gasteiger partial charge in [-0.25, -0.2) is 0 Å². The molecule has 0 spiro atoms. The zero-order chi connectivity index (χ0) is 12.8. The Bertz CT molecular complexity index is 344. The lowest BCUT2D eigenvalue weighted by molar-refractivity contribution is 0.362. The van der Waals surface area contributed by atoms with Crippen molar-refractivity contribution in [2.24, 2.45) is 0 Å². The molecule has 18 heavy (non-hydrogen) atoms. The van der Waals surface area contributed by atoms with Gasteiger partial charge in [-0.1, -0.05) is 12.1 Å². The maximum Gasteiger partial charge on any atom is 0.0289 e. The summed E-state index contributed by atoms with van der Waals surface area (Å²) in [7, 11) is 2.00. The third-order valence-corrected chi connectivity index (χ3v) is 4.68. The summed E-state index contributed by atoms with van der Waals surface area (Å²) in [6, 6.07) is 9.41. The third kappa shape index (κ3) is 4.01. The first-order chi connectivity index (χ1) is 8.79. The smallest absolute Gasteiger partial charge is 0.0289 e. The number of hydrogen-bond donors (Lipinski definition) is 1. The van der Waals surface area contributed by atoms with Crippen LogP contribution < -0.4 is 5.32 Å². The van der Waals surface area contributed by atoms with Crippen molar-refractivity contribution in [1.29, 1.82) is 0 Å². The van der Waals surface area contributed by atoms with Crippen molar-refractivity contribution >= 4 is 11.8 Å². The molecule has 0 aromatic heterocycles. The van der Waals surface area contributed by atoms with Gasteiger partial charge in [0.25, 0.3) is 0 Å². The number of hydrogen-bond acceptors (Lipinski definition) is 3. The van der Waals surface area contributed by atoms with E-state index in [2.05, 4.69) is 41.4 Å². The number of nitrogens with zero attached hydrogens (tertiary/aromatic N) is 1. The SMILES string of the molecule is CNC(C)c1ccc(SCCN2CCCC2)cc1. The normalized spacial score (nSPS) is 18.1. The van der Waals surface area contributed by atoms with Crippen LogP contribution >= 0.6 is 11.8 Å². The van der Waals surface area contributed by atoms with E-state index in [-0.39, 0.29) is 0 Å². The Kier molecular flexibility index (Phi) is 5.54. The Labute approximate surface area is 115 Å². The van der Waals surface area contributed by atoms with Gasteiger partial charge in [0.1, 0.15) is 0 Å². The standard InChI is InChI=1S/C15H24N2S/c1-13(16-2)14-5-7-15(8-6-14)18-12-11-17-9-3-4-10-17/h5-8,13,16H,3-4,9-12H2,1-2H3. The number of thioether (sulfide) groups is 1. The van der Waals surface area contributed by atoms with E-state index in [9.17, 15) is 0 Å². The third-order valence-electron chi connectivity index (χ3n) is 3.69. The zero-order valence-electron chi connectivity index (χ0n) is 11.5. The van der Waals surface area contributed by atoms with Crippen LogP contribution in [0.2, 0.25) is 0 Å². The van der Waals surface area contributed by atoms with Gasteiger partial charge in [0.2, 0.25) is 0 Å². The molecule has 1 fully saturated rings. The van der Waals surface area contributed by atoms with Crippen molar-refractivity contribution in [1.82, 2.24) is 10.2 Å². The minimum Gasteiger partial charge on any atom is -0.313 e. The molecule has 2 rings (SSSR count). The van der Waals surface area contributed by atoms with Crippen LogP contribution in [-0.2, 0) is 0 Å². The van der Waals surface area contributed by atoms with E-state index in [0.29, 0.717) is 6.04 Å². The van der Waals surface area contributed by atoms with Crippen LogP contribution in [0.15, 0.2) is 29.2 Å². The Morgan fingerprint density at radius 3 is 2.50 bits per heavy atom. The Hall–Kier alpha value is -0.510. The molecule has 0 amide bonds. The molecule has 0 saturated carbocycles. The van der Waals surface area contributed by atoms with Crippen molar-refractivity contribution in [3.8, 4) is 0 Å². The molecular weight excluding hydrogens is 240 g/mol. The van der Waals surface area contributed by atoms with Gasteiger partial charge in [0.15, 0.2) is 0 Å². The van der Waals surface area contributed by atoms with Crippen molar-refractivity contribution in [3.63, 3.8) is 0 Å². The fourth-order valence-electron chi connectivity index (χ4n) is 2.32. The van der Waals surface area contributed by atoms with Gasteiger partial charge >= 0.3 is 0 Å².